The lowest BCUT2D eigenvalue weighted by Gasteiger charge is -2.34. The van der Waals surface area contributed by atoms with E-state index < -0.39 is 5.56 Å². The summed E-state index contributed by atoms with van der Waals surface area (Å²) in [7, 11) is 0. The average molecular weight is 264 g/mol. The van der Waals surface area contributed by atoms with Gasteiger partial charge in [-0.1, -0.05) is 0 Å². The lowest BCUT2D eigenvalue weighted by Crippen LogP contribution is -2.50. The number of piperazine rings is 1. The van der Waals surface area contributed by atoms with Gasteiger partial charge in [-0.05, 0) is 6.92 Å². The van der Waals surface area contributed by atoms with Crippen molar-refractivity contribution in [2.24, 2.45) is 0 Å². The molecular weight excluding hydrogens is 248 g/mol. The van der Waals surface area contributed by atoms with Gasteiger partial charge in [0.1, 0.15) is 11.4 Å². The zero-order valence-electron chi connectivity index (χ0n) is 11.0. The lowest BCUT2D eigenvalue weighted by molar-refractivity contribution is -0.130. The molecule has 1 aromatic rings. The quantitative estimate of drug-likeness (QED) is 0.732. The third-order valence-corrected chi connectivity index (χ3v) is 3.17. The van der Waals surface area contributed by atoms with Gasteiger partial charge in [0, 0.05) is 39.3 Å². The molecule has 1 aliphatic heterocycles. The highest BCUT2D eigenvalue weighted by atomic mass is 16.2. The molecule has 0 aliphatic carbocycles. The highest BCUT2D eigenvalue weighted by Crippen LogP contribution is 2.05. The van der Waals surface area contributed by atoms with E-state index in [1.54, 1.807) is 16.7 Å². The third kappa shape index (κ3) is 2.81. The van der Waals surface area contributed by atoms with Crippen LogP contribution in [0.25, 0.3) is 0 Å². The van der Waals surface area contributed by atoms with Gasteiger partial charge >= 0.3 is 0 Å². The Bertz CT molecular complexity index is 558. The molecule has 0 atom stereocenters. The molecule has 7 nitrogen and oxygen atoms in total. The fourth-order valence-electron chi connectivity index (χ4n) is 2.03. The van der Waals surface area contributed by atoms with Gasteiger partial charge in [0.25, 0.3) is 11.5 Å². The summed E-state index contributed by atoms with van der Waals surface area (Å²) in [5, 5.41) is 0. The second-order valence-corrected chi connectivity index (χ2v) is 4.51. The Kier molecular flexibility index (Phi) is 3.64. The van der Waals surface area contributed by atoms with E-state index in [1.807, 2.05) is 0 Å². The van der Waals surface area contributed by atoms with Crippen molar-refractivity contribution in [3.63, 3.8) is 0 Å². The number of carbonyl (C=O) groups excluding carboxylic acids is 2. The van der Waals surface area contributed by atoms with E-state index in [1.165, 1.54) is 13.1 Å². The maximum absolute atomic E-state index is 12.2. The summed E-state index contributed by atoms with van der Waals surface area (Å²) in [4.78, 5) is 44.7. The van der Waals surface area contributed by atoms with Gasteiger partial charge in [-0.15, -0.1) is 0 Å². The van der Waals surface area contributed by atoms with Gasteiger partial charge in [0.05, 0.1) is 0 Å². The summed E-state index contributed by atoms with van der Waals surface area (Å²) < 4.78 is 0. The molecule has 7 heteroatoms. The SMILES string of the molecule is CC(=O)N1CCN(C(=O)c2cnc(C)[nH]c2=O)CC1. The van der Waals surface area contributed by atoms with Gasteiger partial charge in [-0.25, -0.2) is 4.98 Å². The Hall–Kier alpha value is -2.18. The van der Waals surface area contributed by atoms with Crippen LogP contribution in [0.3, 0.4) is 0 Å². The van der Waals surface area contributed by atoms with Gasteiger partial charge < -0.3 is 14.8 Å². The largest absolute Gasteiger partial charge is 0.339 e. The van der Waals surface area contributed by atoms with Crippen LogP contribution in [-0.2, 0) is 4.79 Å². The van der Waals surface area contributed by atoms with Crippen molar-refractivity contribution in [1.82, 2.24) is 19.8 Å². The maximum atomic E-state index is 12.2. The Morgan fingerprint density at radius 3 is 2.32 bits per heavy atom. The summed E-state index contributed by atoms with van der Waals surface area (Å²) in [5.74, 6) is 0.141. The Morgan fingerprint density at radius 1 is 1.21 bits per heavy atom. The van der Waals surface area contributed by atoms with Crippen molar-refractivity contribution in [1.29, 1.82) is 0 Å². The number of hydrogen-bond acceptors (Lipinski definition) is 4. The molecule has 0 unspecified atom stereocenters. The monoisotopic (exact) mass is 264 g/mol. The van der Waals surface area contributed by atoms with E-state index >= 15 is 0 Å². The molecule has 2 rings (SSSR count). The first kappa shape index (κ1) is 13.3. The van der Waals surface area contributed by atoms with Crippen LogP contribution < -0.4 is 5.56 Å². The van der Waals surface area contributed by atoms with E-state index in [0.29, 0.717) is 32.0 Å². The fourth-order valence-corrected chi connectivity index (χ4v) is 2.03. The summed E-state index contributed by atoms with van der Waals surface area (Å²) in [5.41, 5.74) is -0.381. The number of H-pyrrole nitrogens is 1. The standard InChI is InChI=1S/C12H16N4O3/c1-8-13-7-10(11(18)14-8)12(19)16-5-3-15(4-6-16)9(2)17/h7H,3-6H2,1-2H3,(H,13,14,18). The normalized spacial score (nSPS) is 15.5. The molecule has 2 heterocycles. The minimum absolute atomic E-state index is 0.00180. The van der Waals surface area contributed by atoms with Crippen molar-refractivity contribution in [2.45, 2.75) is 13.8 Å². The molecule has 2 amide bonds. The number of hydrogen-bond donors (Lipinski definition) is 1. The van der Waals surface area contributed by atoms with Crippen molar-refractivity contribution >= 4 is 11.8 Å². The van der Waals surface area contributed by atoms with Gasteiger partial charge in [-0.2, -0.15) is 0 Å². The third-order valence-electron chi connectivity index (χ3n) is 3.17. The minimum Gasteiger partial charge on any atom is -0.339 e. The topological polar surface area (TPSA) is 86.4 Å². The molecule has 1 saturated heterocycles. The number of rotatable bonds is 1. The maximum Gasteiger partial charge on any atom is 0.263 e. The first-order chi connectivity index (χ1) is 8.99. The van der Waals surface area contributed by atoms with E-state index in [0.717, 1.165) is 0 Å². The summed E-state index contributed by atoms with van der Waals surface area (Å²) in [6.07, 6.45) is 1.30. The molecular formula is C12H16N4O3. The van der Waals surface area contributed by atoms with Crippen molar-refractivity contribution in [3.05, 3.63) is 27.9 Å². The number of amides is 2. The Balaban J connectivity index is 2.09. The first-order valence-corrected chi connectivity index (χ1v) is 6.09. The predicted molar refractivity (Wildman–Crippen MR) is 67.8 cm³/mol. The predicted octanol–water partition coefficient (Wildman–Crippen LogP) is -0.617. The van der Waals surface area contributed by atoms with Crippen LogP contribution in [0.5, 0.6) is 0 Å². The summed E-state index contributed by atoms with van der Waals surface area (Å²) in [6, 6.07) is 0. The molecule has 1 N–H and O–H groups in total. The summed E-state index contributed by atoms with van der Waals surface area (Å²) >= 11 is 0. The smallest absolute Gasteiger partial charge is 0.263 e. The second-order valence-electron chi connectivity index (χ2n) is 4.51. The first-order valence-electron chi connectivity index (χ1n) is 6.09. The molecule has 0 spiro atoms. The molecule has 0 saturated carbocycles. The van der Waals surface area contributed by atoms with E-state index in [2.05, 4.69) is 9.97 Å². The Labute approximate surface area is 110 Å². The van der Waals surface area contributed by atoms with Crippen molar-refractivity contribution < 1.29 is 9.59 Å². The number of aromatic amines is 1. The number of nitrogens with zero attached hydrogens (tertiary/aromatic N) is 3. The van der Waals surface area contributed by atoms with Gasteiger partial charge in [0.15, 0.2) is 0 Å². The van der Waals surface area contributed by atoms with Crippen molar-refractivity contribution in [3.8, 4) is 0 Å². The molecule has 0 aromatic carbocycles. The number of carbonyl (C=O) groups is 2. The van der Waals surface area contributed by atoms with Crippen LogP contribution in [0.2, 0.25) is 0 Å². The average Bonchev–Trinajstić information content (AvgIpc) is 2.38. The zero-order chi connectivity index (χ0) is 14.0. The van der Waals surface area contributed by atoms with Crippen LogP contribution >= 0.6 is 0 Å². The van der Waals surface area contributed by atoms with Crippen molar-refractivity contribution in [2.75, 3.05) is 26.2 Å². The minimum atomic E-state index is -0.425. The van der Waals surface area contributed by atoms with Crippen LogP contribution in [-0.4, -0.2) is 57.8 Å². The second kappa shape index (κ2) is 5.21. The van der Waals surface area contributed by atoms with Gasteiger partial charge in [0.2, 0.25) is 5.91 Å². The van der Waals surface area contributed by atoms with Crippen LogP contribution in [0.4, 0.5) is 0 Å². The molecule has 19 heavy (non-hydrogen) atoms. The summed E-state index contributed by atoms with van der Waals surface area (Å²) in [6.45, 7) is 5.03. The highest BCUT2D eigenvalue weighted by molar-refractivity contribution is 5.93. The molecule has 0 bridgehead atoms. The van der Waals surface area contributed by atoms with E-state index in [4.69, 9.17) is 0 Å². The van der Waals surface area contributed by atoms with Crippen LogP contribution in [0.15, 0.2) is 11.0 Å². The number of aromatic nitrogens is 2. The molecule has 0 radical (unpaired) electrons. The Morgan fingerprint density at radius 2 is 1.79 bits per heavy atom. The van der Waals surface area contributed by atoms with E-state index in [-0.39, 0.29) is 17.4 Å². The number of nitrogens with one attached hydrogen (secondary N) is 1. The zero-order valence-corrected chi connectivity index (χ0v) is 11.0. The molecule has 1 fully saturated rings. The molecule has 102 valence electrons. The molecule has 1 aromatic heterocycles. The molecule has 1 aliphatic rings. The van der Waals surface area contributed by atoms with Crippen LogP contribution in [0, 0.1) is 6.92 Å². The van der Waals surface area contributed by atoms with Crippen LogP contribution in [0.1, 0.15) is 23.1 Å². The lowest BCUT2D eigenvalue weighted by atomic mass is 10.2. The fraction of sp³-hybridized carbons (Fsp3) is 0.500. The van der Waals surface area contributed by atoms with Gasteiger partial charge in [-0.3, -0.25) is 14.4 Å². The van der Waals surface area contributed by atoms with E-state index in [9.17, 15) is 14.4 Å². The highest BCUT2D eigenvalue weighted by Gasteiger charge is 2.24. The number of aryl methyl sites for hydroxylation is 1.